The highest BCUT2D eigenvalue weighted by atomic mass is 19.4. The summed E-state index contributed by atoms with van der Waals surface area (Å²) in [4.78, 5) is 12.1. The van der Waals surface area contributed by atoms with E-state index in [0.717, 1.165) is 24.3 Å². The van der Waals surface area contributed by atoms with Crippen LogP contribution in [0.25, 0.3) is 0 Å². The molecule has 0 radical (unpaired) electrons. The molecule has 1 atom stereocenters. The van der Waals surface area contributed by atoms with Gasteiger partial charge in [0.1, 0.15) is 11.8 Å². The molecule has 7 heteroatoms. The van der Waals surface area contributed by atoms with Gasteiger partial charge in [-0.05, 0) is 43.3 Å². The van der Waals surface area contributed by atoms with Crippen molar-refractivity contribution in [2.75, 3.05) is 5.32 Å². The Bertz CT molecular complexity index is 765. The summed E-state index contributed by atoms with van der Waals surface area (Å²) >= 11 is 0. The van der Waals surface area contributed by atoms with Crippen LogP contribution >= 0.6 is 0 Å². The SMILES string of the molecule is C[C@@H](Oc1ccccc1C#N)C(=O)Nc1ccc(C(F)(F)F)cc1. The maximum absolute atomic E-state index is 12.5. The summed E-state index contributed by atoms with van der Waals surface area (Å²) in [5.74, 6) is -0.280. The Labute approximate surface area is 136 Å². The molecular weight excluding hydrogens is 321 g/mol. The lowest BCUT2D eigenvalue weighted by Gasteiger charge is -2.16. The van der Waals surface area contributed by atoms with E-state index in [2.05, 4.69) is 5.32 Å². The van der Waals surface area contributed by atoms with Crippen molar-refractivity contribution in [3.8, 4) is 11.8 Å². The van der Waals surface area contributed by atoms with Crippen LogP contribution in [0.3, 0.4) is 0 Å². The smallest absolute Gasteiger partial charge is 0.416 e. The molecule has 0 bridgehead atoms. The number of anilines is 1. The molecule has 0 saturated carbocycles. The van der Waals surface area contributed by atoms with Crippen molar-refractivity contribution < 1.29 is 22.7 Å². The van der Waals surface area contributed by atoms with Gasteiger partial charge in [-0.3, -0.25) is 4.79 Å². The zero-order valence-electron chi connectivity index (χ0n) is 12.6. The Kier molecular flexibility index (Phi) is 5.09. The molecule has 0 spiro atoms. The molecule has 124 valence electrons. The van der Waals surface area contributed by atoms with E-state index in [0.29, 0.717) is 0 Å². The lowest BCUT2D eigenvalue weighted by Crippen LogP contribution is -2.30. The fourth-order valence-electron chi connectivity index (χ4n) is 1.89. The predicted molar refractivity (Wildman–Crippen MR) is 81.3 cm³/mol. The van der Waals surface area contributed by atoms with Gasteiger partial charge in [0.2, 0.25) is 0 Å². The molecule has 4 nitrogen and oxygen atoms in total. The van der Waals surface area contributed by atoms with Crippen LogP contribution in [0.4, 0.5) is 18.9 Å². The summed E-state index contributed by atoms with van der Waals surface area (Å²) in [5.41, 5.74) is -0.295. The Morgan fingerprint density at radius 1 is 1.17 bits per heavy atom. The summed E-state index contributed by atoms with van der Waals surface area (Å²) in [7, 11) is 0. The normalized spacial score (nSPS) is 12.1. The third-order valence-corrected chi connectivity index (χ3v) is 3.16. The topological polar surface area (TPSA) is 62.1 Å². The summed E-state index contributed by atoms with van der Waals surface area (Å²) in [6, 6.07) is 12.5. The van der Waals surface area contributed by atoms with Crippen molar-refractivity contribution in [3.63, 3.8) is 0 Å². The summed E-state index contributed by atoms with van der Waals surface area (Å²) < 4.78 is 42.9. The van der Waals surface area contributed by atoms with Crippen molar-refractivity contribution in [3.05, 3.63) is 59.7 Å². The lowest BCUT2D eigenvalue weighted by atomic mass is 10.2. The molecular formula is C17H13F3N2O2. The largest absolute Gasteiger partial charge is 0.480 e. The van der Waals surface area contributed by atoms with Crippen molar-refractivity contribution in [1.82, 2.24) is 0 Å². The van der Waals surface area contributed by atoms with Gasteiger partial charge >= 0.3 is 6.18 Å². The highest BCUT2D eigenvalue weighted by molar-refractivity contribution is 5.94. The second-order valence-electron chi connectivity index (χ2n) is 4.93. The van der Waals surface area contributed by atoms with E-state index >= 15 is 0 Å². The number of rotatable bonds is 4. The number of ether oxygens (including phenoxy) is 1. The fourth-order valence-corrected chi connectivity index (χ4v) is 1.89. The van der Waals surface area contributed by atoms with E-state index in [1.807, 2.05) is 6.07 Å². The monoisotopic (exact) mass is 334 g/mol. The summed E-state index contributed by atoms with van der Waals surface area (Å²) in [6.45, 7) is 1.48. The predicted octanol–water partition coefficient (Wildman–Crippen LogP) is 3.98. The van der Waals surface area contributed by atoms with Crippen LogP contribution < -0.4 is 10.1 Å². The molecule has 1 amide bonds. The van der Waals surface area contributed by atoms with Crippen LogP contribution in [-0.2, 0) is 11.0 Å². The molecule has 0 heterocycles. The number of hydrogen-bond donors (Lipinski definition) is 1. The van der Waals surface area contributed by atoms with E-state index in [9.17, 15) is 18.0 Å². The van der Waals surface area contributed by atoms with Gasteiger partial charge in [0.15, 0.2) is 6.10 Å². The Balaban J connectivity index is 2.03. The zero-order valence-corrected chi connectivity index (χ0v) is 12.6. The highest BCUT2D eigenvalue weighted by Crippen LogP contribution is 2.29. The van der Waals surface area contributed by atoms with Crippen LogP contribution in [0, 0.1) is 11.3 Å². The van der Waals surface area contributed by atoms with Crippen LogP contribution in [0.15, 0.2) is 48.5 Å². The van der Waals surface area contributed by atoms with Gasteiger partial charge < -0.3 is 10.1 Å². The average molecular weight is 334 g/mol. The first-order valence-corrected chi connectivity index (χ1v) is 6.95. The van der Waals surface area contributed by atoms with E-state index in [1.165, 1.54) is 6.92 Å². The maximum atomic E-state index is 12.5. The lowest BCUT2D eigenvalue weighted by molar-refractivity contribution is -0.137. The number of carbonyl (C=O) groups is 1. The average Bonchev–Trinajstić information content (AvgIpc) is 2.55. The van der Waals surface area contributed by atoms with Crippen LogP contribution in [0.2, 0.25) is 0 Å². The maximum Gasteiger partial charge on any atom is 0.416 e. The molecule has 2 aromatic rings. The Morgan fingerprint density at radius 3 is 2.38 bits per heavy atom. The second kappa shape index (κ2) is 7.04. The number of carbonyl (C=O) groups excluding carboxylic acids is 1. The van der Waals surface area contributed by atoms with E-state index < -0.39 is 23.8 Å². The minimum absolute atomic E-state index is 0.219. The first-order valence-electron chi connectivity index (χ1n) is 6.95. The number of nitrogens with zero attached hydrogens (tertiary/aromatic N) is 1. The molecule has 2 aromatic carbocycles. The van der Waals surface area contributed by atoms with Gasteiger partial charge in [0.25, 0.3) is 5.91 Å². The first-order chi connectivity index (χ1) is 11.3. The van der Waals surface area contributed by atoms with E-state index in [4.69, 9.17) is 10.00 Å². The third-order valence-electron chi connectivity index (χ3n) is 3.16. The van der Waals surface area contributed by atoms with Crippen molar-refractivity contribution >= 4 is 11.6 Å². The van der Waals surface area contributed by atoms with Crippen LogP contribution in [-0.4, -0.2) is 12.0 Å². The number of amides is 1. The van der Waals surface area contributed by atoms with E-state index in [1.54, 1.807) is 24.3 Å². The molecule has 0 saturated heterocycles. The minimum Gasteiger partial charge on any atom is -0.480 e. The zero-order chi connectivity index (χ0) is 17.7. The second-order valence-corrected chi connectivity index (χ2v) is 4.93. The number of halogens is 3. The fraction of sp³-hybridized carbons (Fsp3) is 0.176. The molecule has 0 unspecified atom stereocenters. The first kappa shape index (κ1) is 17.3. The van der Waals surface area contributed by atoms with Crippen molar-refractivity contribution in [1.29, 1.82) is 5.26 Å². The molecule has 0 aliphatic heterocycles. The molecule has 0 aliphatic carbocycles. The van der Waals surface area contributed by atoms with E-state index in [-0.39, 0.29) is 17.0 Å². The number of para-hydroxylation sites is 1. The van der Waals surface area contributed by atoms with Crippen molar-refractivity contribution in [2.45, 2.75) is 19.2 Å². The summed E-state index contributed by atoms with van der Waals surface area (Å²) in [6.07, 6.45) is -5.36. The number of nitriles is 1. The van der Waals surface area contributed by atoms with Gasteiger partial charge in [-0.15, -0.1) is 0 Å². The van der Waals surface area contributed by atoms with Crippen LogP contribution in [0.1, 0.15) is 18.1 Å². The number of alkyl halides is 3. The number of hydrogen-bond acceptors (Lipinski definition) is 3. The van der Waals surface area contributed by atoms with Crippen molar-refractivity contribution in [2.24, 2.45) is 0 Å². The molecule has 2 rings (SSSR count). The molecule has 0 aromatic heterocycles. The quantitative estimate of drug-likeness (QED) is 0.920. The molecule has 1 N–H and O–H groups in total. The highest BCUT2D eigenvalue weighted by Gasteiger charge is 2.30. The van der Waals surface area contributed by atoms with Gasteiger partial charge in [0.05, 0.1) is 11.1 Å². The Morgan fingerprint density at radius 2 is 1.79 bits per heavy atom. The van der Waals surface area contributed by atoms with Crippen LogP contribution in [0.5, 0.6) is 5.75 Å². The molecule has 0 aliphatic rings. The standard InChI is InChI=1S/C17H13F3N2O2/c1-11(24-15-5-3-2-4-12(15)10-21)16(23)22-14-8-6-13(7-9-14)17(18,19)20/h2-9,11H,1H3,(H,22,23)/t11-/m1/s1. The number of benzene rings is 2. The summed E-state index contributed by atoms with van der Waals surface area (Å²) in [5, 5.41) is 11.4. The third kappa shape index (κ3) is 4.26. The van der Waals surface area contributed by atoms with Gasteiger partial charge in [-0.25, -0.2) is 0 Å². The van der Waals surface area contributed by atoms with Gasteiger partial charge in [0, 0.05) is 5.69 Å². The van der Waals surface area contributed by atoms with Gasteiger partial charge in [-0.2, -0.15) is 18.4 Å². The van der Waals surface area contributed by atoms with Gasteiger partial charge in [-0.1, -0.05) is 12.1 Å². The minimum atomic E-state index is -4.43. The molecule has 24 heavy (non-hydrogen) atoms. The Hall–Kier alpha value is -3.01. The number of nitrogens with one attached hydrogen (secondary N) is 1. The molecule has 0 fully saturated rings.